The van der Waals surface area contributed by atoms with Crippen molar-refractivity contribution >= 4 is 12.6 Å². The van der Waals surface area contributed by atoms with Crippen LogP contribution in [0.25, 0.3) is 0 Å². The van der Waals surface area contributed by atoms with Crippen molar-refractivity contribution in [2.75, 3.05) is 5.75 Å². The van der Waals surface area contributed by atoms with Crippen molar-refractivity contribution in [3.05, 3.63) is 29.3 Å². The molecule has 15 heavy (non-hydrogen) atoms. The monoisotopic (exact) mass is 232 g/mol. The Hall–Kier alpha value is -1.28. The molecule has 0 radical (unpaired) electrons. The van der Waals surface area contributed by atoms with Crippen molar-refractivity contribution in [2.45, 2.75) is 6.18 Å². The van der Waals surface area contributed by atoms with Crippen LogP contribution >= 0.6 is 12.6 Å². The molecule has 0 spiro atoms. The lowest BCUT2D eigenvalue weighted by atomic mass is 10.1. The summed E-state index contributed by atoms with van der Waals surface area (Å²) in [5.41, 5.74) is -1.09. The fourth-order valence-corrected chi connectivity index (χ4v) is 1.09. The molecule has 1 nitrogen and oxygen atoms in total. The molecule has 1 aromatic carbocycles. The molecule has 1 N–H and O–H groups in total. The second-order valence-corrected chi connectivity index (χ2v) is 3.00. The largest absolute Gasteiger partial charge is 0.508 e. The predicted octanol–water partition coefficient (Wildman–Crippen LogP) is 2.69. The van der Waals surface area contributed by atoms with E-state index in [1.807, 2.05) is 0 Å². The number of rotatable bonds is 0. The number of hydrogen-bond acceptors (Lipinski definition) is 2. The van der Waals surface area contributed by atoms with Crippen molar-refractivity contribution in [3.63, 3.8) is 0 Å². The Morgan fingerprint density at radius 1 is 1.33 bits per heavy atom. The maximum atomic E-state index is 12.5. The maximum Gasteiger partial charge on any atom is 0.417 e. The third-order valence-corrected chi connectivity index (χ3v) is 1.77. The van der Waals surface area contributed by atoms with E-state index in [1.165, 1.54) is 0 Å². The summed E-state index contributed by atoms with van der Waals surface area (Å²) in [5, 5.41) is 8.96. The van der Waals surface area contributed by atoms with E-state index in [2.05, 4.69) is 24.5 Å². The van der Waals surface area contributed by atoms with E-state index in [1.54, 1.807) is 0 Å². The van der Waals surface area contributed by atoms with Gasteiger partial charge in [0.15, 0.2) is 0 Å². The molecule has 0 unspecified atom stereocenters. The highest BCUT2D eigenvalue weighted by Gasteiger charge is 2.33. The highest BCUT2D eigenvalue weighted by atomic mass is 32.1. The van der Waals surface area contributed by atoms with Gasteiger partial charge in [-0.1, -0.05) is 11.8 Å². The zero-order valence-electron chi connectivity index (χ0n) is 7.47. The number of hydrogen-bond donors (Lipinski definition) is 2. The van der Waals surface area contributed by atoms with Gasteiger partial charge in [-0.15, -0.1) is 0 Å². The van der Waals surface area contributed by atoms with Gasteiger partial charge in [-0.2, -0.15) is 25.8 Å². The van der Waals surface area contributed by atoms with Gasteiger partial charge in [0, 0.05) is 5.56 Å². The Morgan fingerprint density at radius 3 is 2.53 bits per heavy atom. The summed E-state index contributed by atoms with van der Waals surface area (Å²) in [6.07, 6.45) is -4.51. The van der Waals surface area contributed by atoms with E-state index in [0.717, 1.165) is 12.1 Å². The number of thiol groups is 1. The first-order valence-corrected chi connectivity index (χ1v) is 4.58. The van der Waals surface area contributed by atoms with E-state index in [-0.39, 0.29) is 11.3 Å². The zero-order chi connectivity index (χ0) is 11.5. The van der Waals surface area contributed by atoms with Gasteiger partial charge in [0.25, 0.3) is 0 Å². The van der Waals surface area contributed by atoms with E-state index in [9.17, 15) is 13.2 Å². The minimum atomic E-state index is -4.51. The Balaban J connectivity index is 3.27. The van der Waals surface area contributed by atoms with Gasteiger partial charge in [-0.3, -0.25) is 0 Å². The van der Waals surface area contributed by atoms with Crippen LogP contribution < -0.4 is 0 Å². The van der Waals surface area contributed by atoms with Gasteiger partial charge in [-0.05, 0) is 18.2 Å². The quantitative estimate of drug-likeness (QED) is 0.520. The van der Waals surface area contributed by atoms with Crippen LogP contribution in [-0.4, -0.2) is 10.9 Å². The van der Waals surface area contributed by atoms with Crippen molar-refractivity contribution < 1.29 is 18.3 Å². The fourth-order valence-electron chi connectivity index (χ4n) is 1.01. The molecule has 5 heteroatoms. The predicted molar refractivity (Wildman–Crippen MR) is 53.8 cm³/mol. The lowest BCUT2D eigenvalue weighted by molar-refractivity contribution is -0.137. The molecule has 0 atom stereocenters. The summed E-state index contributed by atoms with van der Waals surface area (Å²) in [6, 6.07) is 2.95. The van der Waals surface area contributed by atoms with Gasteiger partial charge in [-0.25, -0.2) is 0 Å². The molecule has 1 aromatic rings. The second-order valence-electron chi connectivity index (χ2n) is 2.69. The molecule has 0 aliphatic heterocycles. The van der Waals surface area contributed by atoms with Crippen LogP contribution in [-0.2, 0) is 6.18 Å². The van der Waals surface area contributed by atoms with Crippen LogP contribution in [0.15, 0.2) is 18.2 Å². The molecule has 0 aliphatic carbocycles. The van der Waals surface area contributed by atoms with Gasteiger partial charge in [0.1, 0.15) is 5.75 Å². The molecular weight excluding hydrogens is 225 g/mol. The third-order valence-electron chi connectivity index (χ3n) is 1.61. The second kappa shape index (κ2) is 4.49. The molecule has 0 amide bonds. The summed E-state index contributed by atoms with van der Waals surface area (Å²) in [6.45, 7) is 0. The van der Waals surface area contributed by atoms with Crippen molar-refractivity contribution in [2.24, 2.45) is 0 Å². The number of alkyl halides is 3. The van der Waals surface area contributed by atoms with Gasteiger partial charge >= 0.3 is 6.18 Å². The van der Waals surface area contributed by atoms with Crippen LogP contribution in [0.1, 0.15) is 11.1 Å². The Kier molecular flexibility index (Phi) is 3.53. The normalized spacial score (nSPS) is 10.7. The molecule has 1 rings (SSSR count). The minimum Gasteiger partial charge on any atom is -0.508 e. The first-order chi connectivity index (χ1) is 6.95. The molecule has 0 bridgehead atoms. The van der Waals surface area contributed by atoms with Crippen molar-refractivity contribution in [3.8, 4) is 17.6 Å². The van der Waals surface area contributed by atoms with Crippen molar-refractivity contribution in [1.82, 2.24) is 0 Å². The number of benzene rings is 1. The topological polar surface area (TPSA) is 20.2 Å². The summed E-state index contributed by atoms with van der Waals surface area (Å²) < 4.78 is 37.4. The SMILES string of the molecule is Oc1ccc(C#CCS)c(C(F)(F)F)c1. The highest BCUT2D eigenvalue weighted by Crippen LogP contribution is 2.33. The van der Waals surface area contributed by atoms with Crippen LogP contribution in [0.2, 0.25) is 0 Å². The average molecular weight is 232 g/mol. The van der Waals surface area contributed by atoms with Crippen LogP contribution in [0.5, 0.6) is 5.75 Å². The van der Waals surface area contributed by atoms with E-state index in [0.29, 0.717) is 6.07 Å². The fraction of sp³-hybridized carbons (Fsp3) is 0.200. The number of phenolic OH excluding ortho intramolecular Hbond substituents is 1. The third kappa shape index (κ3) is 3.10. The first-order valence-electron chi connectivity index (χ1n) is 3.95. The minimum absolute atomic E-state index is 0.158. The van der Waals surface area contributed by atoms with Gasteiger partial charge in [0.05, 0.1) is 11.3 Å². The molecule has 0 heterocycles. The average Bonchev–Trinajstić information content (AvgIpc) is 2.14. The lowest BCUT2D eigenvalue weighted by Crippen LogP contribution is -2.07. The molecule has 0 aromatic heterocycles. The molecular formula is C10H7F3OS. The van der Waals surface area contributed by atoms with Gasteiger partial charge < -0.3 is 5.11 Å². The Bertz CT molecular complexity index is 415. The van der Waals surface area contributed by atoms with Gasteiger partial charge in [0.2, 0.25) is 0 Å². The molecule has 0 saturated heterocycles. The number of halogens is 3. The number of phenols is 1. The zero-order valence-corrected chi connectivity index (χ0v) is 8.36. The van der Waals surface area contributed by atoms with E-state index in [4.69, 9.17) is 5.11 Å². The highest BCUT2D eigenvalue weighted by molar-refractivity contribution is 7.80. The maximum absolute atomic E-state index is 12.5. The Morgan fingerprint density at radius 2 is 2.00 bits per heavy atom. The first kappa shape index (κ1) is 11.8. The van der Waals surface area contributed by atoms with Crippen LogP contribution in [0.4, 0.5) is 13.2 Å². The van der Waals surface area contributed by atoms with E-state index >= 15 is 0 Å². The standard InChI is InChI=1S/C10H7F3OS/c11-10(12,13)9-6-8(14)4-3-7(9)2-1-5-15/h3-4,6,14-15H,5H2. The van der Waals surface area contributed by atoms with Crippen molar-refractivity contribution in [1.29, 1.82) is 0 Å². The summed E-state index contributed by atoms with van der Waals surface area (Å²) >= 11 is 3.77. The summed E-state index contributed by atoms with van der Waals surface area (Å²) in [7, 11) is 0. The lowest BCUT2D eigenvalue weighted by Gasteiger charge is -2.09. The molecule has 0 fully saturated rings. The number of aromatic hydroxyl groups is 1. The van der Waals surface area contributed by atoms with Crippen LogP contribution in [0, 0.1) is 11.8 Å². The molecule has 0 aliphatic rings. The Labute approximate surface area is 90.3 Å². The van der Waals surface area contributed by atoms with Crippen LogP contribution in [0.3, 0.4) is 0 Å². The van der Waals surface area contributed by atoms with E-state index < -0.39 is 17.5 Å². The smallest absolute Gasteiger partial charge is 0.417 e. The summed E-state index contributed by atoms with van der Waals surface area (Å²) in [5.74, 6) is 4.52. The molecule has 80 valence electrons. The molecule has 0 saturated carbocycles. The summed E-state index contributed by atoms with van der Waals surface area (Å²) in [4.78, 5) is 0.